The van der Waals surface area contributed by atoms with Crippen LogP contribution in [0, 0.1) is 5.92 Å². The Morgan fingerprint density at radius 3 is 2.17 bits per heavy atom. The monoisotopic (exact) mass is 572 g/mol. The lowest BCUT2D eigenvalue weighted by molar-refractivity contribution is -0.284. The summed E-state index contributed by atoms with van der Waals surface area (Å²) in [6.07, 6.45) is -2.49. The van der Waals surface area contributed by atoms with Crippen molar-refractivity contribution < 1.29 is 46.8 Å². The van der Waals surface area contributed by atoms with Gasteiger partial charge in [0, 0.05) is 17.9 Å². The maximum atomic E-state index is 13.1. The molecule has 2 aromatic carbocycles. The molecule has 5 nitrogen and oxygen atoms in total. The molecule has 2 aromatic rings. The van der Waals surface area contributed by atoms with Crippen LogP contribution in [0.25, 0.3) is 0 Å². The first-order valence-corrected chi connectivity index (χ1v) is 13.7. The summed E-state index contributed by atoms with van der Waals surface area (Å²) < 4.78 is 69.5. The smallest absolute Gasteiger partial charge is 0.453 e. The Bertz CT molecular complexity index is 1120. The average Bonchev–Trinajstić information content (AvgIpc) is 2.87. The zero-order chi connectivity index (χ0) is 29.6. The molecular formula is C30H37F5O5. The number of carbonyl (C=O) groups is 1. The van der Waals surface area contributed by atoms with E-state index in [1.54, 1.807) is 24.3 Å². The predicted octanol–water partition coefficient (Wildman–Crippen LogP) is 8.16. The highest BCUT2D eigenvalue weighted by Gasteiger charge is 2.56. The van der Waals surface area contributed by atoms with Crippen molar-refractivity contribution >= 4 is 5.97 Å². The molecule has 3 unspecified atom stereocenters. The number of hydrogen-bond acceptors (Lipinski definition) is 4. The number of aliphatic carboxylic acids is 1. The number of rotatable bonds is 14. The Labute approximate surface area is 231 Å². The van der Waals surface area contributed by atoms with E-state index in [2.05, 4.69) is 6.92 Å². The van der Waals surface area contributed by atoms with Gasteiger partial charge in [-0.2, -0.15) is 22.0 Å². The Morgan fingerprint density at radius 1 is 0.925 bits per heavy atom. The fraction of sp³-hybridized carbons (Fsp3) is 0.567. The van der Waals surface area contributed by atoms with E-state index in [0.29, 0.717) is 18.6 Å². The Hall–Kier alpha value is -3.04. The molecule has 222 valence electrons. The highest BCUT2D eigenvalue weighted by atomic mass is 19.4. The van der Waals surface area contributed by atoms with E-state index in [-0.39, 0.29) is 35.9 Å². The van der Waals surface area contributed by atoms with E-state index in [9.17, 15) is 42.1 Å². The minimum Gasteiger partial charge on any atom is -0.508 e. The van der Waals surface area contributed by atoms with Crippen molar-refractivity contribution in [3.05, 3.63) is 53.6 Å². The van der Waals surface area contributed by atoms with Crippen LogP contribution >= 0.6 is 0 Å². The van der Waals surface area contributed by atoms with Crippen molar-refractivity contribution in [1.82, 2.24) is 0 Å². The first kappa shape index (κ1) is 31.5. The van der Waals surface area contributed by atoms with Crippen LogP contribution in [0.1, 0.15) is 82.3 Å². The lowest BCUT2D eigenvalue weighted by atomic mass is 9.70. The number of phenolic OH excluding ortho intramolecular Hbond substituents is 2. The topological polar surface area (TPSA) is 87.0 Å². The Balaban J connectivity index is 1.47. The third kappa shape index (κ3) is 8.01. The van der Waals surface area contributed by atoms with Gasteiger partial charge in [-0.05, 0) is 67.9 Å². The number of alkyl halides is 5. The molecule has 3 rings (SSSR count). The summed E-state index contributed by atoms with van der Waals surface area (Å²) >= 11 is 0. The quantitative estimate of drug-likeness (QED) is 0.157. The standard InChI is InChI=1S/C30H37F5O5/c1-28(22-12-15-23(36)16-13-22)19-21-11-14-24(37)18-25(21)40-26(28)10-6-4-2-3-5-8-20(27(38)39)9-7-17-29(31,32)30(33,34)35/h11-16,18,20,26,36-37H,2-10,17,19H2,1H3,(H,38,39). The highest BCUT2D eigenvalue weighted by Crippen LogP contribution is 2.44. The van der Waals surface area contributed by atoms with Gasteiger partial charge < -0.3 is 20.1 Å². The van der Waals surface area contributed by atoms with Crippen LogP contribution in [-0.2, 0) is 16.6 Å². The van der Waals surface area contributed by atoms with Crippen LogP contribution in [-0.4, -0.2) is 39.5 Å². The van der Waals surface area contributed by atoms with Gasteiger partial charge in [0.15, 0.2) is 0 Å². The second-order valence-corrected chi connectivity index (χ2v) is 11.0. The molecule has 0 bridgehead atoms. The van der Waals surface area contributed by atoms with E-state index in [0.717, 1.165) is 43.2 Å². The molecule has 1 aliphatic rings. The van der Waals surface area contributed by atoms with Gasteiger partial charge in [0.1, 0.15) is 23.4 Å². The maximum Gasteiger partial charge on any atom is 0.453 e. The number of phenols is 2. The Kier molecular flexibility index (Phi) is 10.3. The molecule has 3 atom stereocenters. The zero-order valence-electron chi connectivity index (χ0n) is 22.5. The van der Waals surface area contributed by atoms with Gasteiger partial charge >= 0.3 is 18.1 Å². The molecule has 0 fully saturated rings. The largest absolute Gasteiger partial charge is 0.508 e. The number of benzene rings is 2. The van der Waals surface area contributed by atoms with Crippen LogP contribution in [0.2, 0.25) is 0 Å². The fourth-order valence-corrected chi connectivity index (χ4v) is 5.45. The van der Waals surface area contributed by atoms with E-state index in [1.807, 2.05) is 18.2 Å². The zero-order valence-corrected chi connectivity index (χ0v) is 22.5. The van der Waals surface area contributed by atoms with Crippen molar-refractivity contribution in [1.29, 1.82) is 0 Å². The molecule has 3 N–H and O–H groups in total. The minimum absolute atomic E-state index is 0.125. The number of carboxylic acids is 1. The highest BCUT2D eigenvalue weighted by molar-refractivity contribution is 5.69. The molecule has 40 heavy (non-hydrogen) atoms. The van der Waals surface area contributed by atoms with Crippen LogP contribution in [0.15, 0.2) is 42.5 Å². The second kappa shape index (κ2) is 13.1. The molecular weight excluding hydrogens is 535 g/mol. The summed E-state index contributed by atoms with van der Waals surface area (Å²) in [5.41, 5.74) is 1.65. The first-order chi connectivity index (χ1) is 18.7. The molecule has 0 spiro atoms. The third-order valence-electron chi connectivity index (χ3n) is 7.94. The van der Waals surface area contributed by atoms with Gasteiger partial charge in [0.05, 0.1) is 5.92 Å². The summed E-state index contributed by atoms with van der Waals surface area (Å²) in [5, 5.41) is 29.0. The molecule has 0 saturated carbocycles. The van der Waals surface area contributed by atoms with Gasteiger partial charge in [0.25, 0.3) is 0 Å². The number of fused-ring (bicyclic) bond motifs is 1. The summed E-state index contributed by atoms with van der Waals surface area (Å²) in [6.45, 7) is 2.12. The van der Waals surface area contributed by atoms with E-state index < -0.39 is 36.8 Å². The van der Waals surface area contributed by atoms with Gasteiger partial charge in [-0.25, -0.2) is 0 Å². The van der Waals surface area contributed by atoms with Crippen molar-refractivity contribution in [2.24, 2.45) is 5.92 Å². The van der Waals surface area contributed by atoms with Gasteiger partial charge in [0.2, 0.25) is 0 Å². The van der Waals surface area contributed by atoms with Gasteiger partial charge in [-0.15, -0.1) is 0 Å². The third-order valence-corrected chi connectivity index (χ3v) is 7.94. The first-order valence-electron chi connectivity index (χ1n) is 13.7. The number of unbranched alkanes of at least 4 members (excludes halogenated alkanes) is 4. The van der Waals surface area contributed by atoms with E-state index in [4.69, 9.17) is 4.74 Å². The fourth-order valence-electron chi connectivity index (χ4n) is 5.45. The van der Waals surface area contributed by atoms with E-state index in [1.165, 1.54) is 0 Å². The second-order valence-electron chi connectivity index (χ2n) is 11.0. The molecule has 1 aliphatic heterocycles. The maximum absolute atomic E-state index is 13.1. The molecule has 0 saturated heterocycles. The van der Waals surface area contributed by atoms with Crippen LogP contribution in [0.4, 0.5) is 22.0 Å². The van der Waals surface area contributed by atoms with Gasteiger partial charge in [-0.1, -0.05) is 50.8 Å². The van der Waals surface area contributed by atoms with Crippen molar-refractivity contribution in [2.45, 2.75) is 101 Å². The van der Waals surface area contributed by atoms with Crippen molar-refractivity contribution in [3.8, 4) is 17.2 Å². The number of halogens is 5. The molecule has 10 heteroatoms. The van der Waals surface area contributed by atoms with Crippen LogP contribution in [0.3, 0.4) is 0 Å². The van der Waals surface area contributed by atoms with Gasteiger partial charge in [-0.3, -0.25) is 4.79 Å². The lowest BCUT2D eigenvalue weighted by Crippen LogP contribution is -2.45. The summed E-state index contributed by atoms with van der Waals surface area (Å²) in [7, 11) is 0. The number of carboxylic acid groups (broad SMARTS) is 1. The van der Waals surface area contributed by atoms with Crippen molar-refractivity contribution in [2.75, 3.05) is 0 Å². The van der Waals surface area contributed by atoms with Crippen LogP contribution in [0.5, 0.6) is 17.2 Å². The average molecular weight is 573 g/mol. The Morgan fingerprint density at radius 2 is 1.52 bits per heavy atom. The molecule has 0 aliphatic carbocycles. The predicted molar refractivity (Wildman–Crippen MR) is 140 cm³/mol. The summed E-state index contributed by atoms with van der Waals surface area (Å²) in [4.78, 5) is 11.4. The molecule has 0 amide bonds. The number of hydrogen-bond donors (Lipinski definition) is 3. The number of ether oxygens (including phenoxy) is 1. The summed E-state index contributed by atoms with van der Waals surface area (Å²) in [6, 6.07) is 12.2. The molecule has 1 heterocycles. The summed E-state index contributed by atoms with van der Waals surface area (Å²) in [5.74, 6) is -5.98. The molecule has 0 radical (unpaired) electrons. The minimum atomic E-state index is -5.62. The van der Waals surface area contributed by atoms with E-state index >= 15 is 0 Å². The SMILES string of the molecule is CC1(c2ccc(O)cc2)Cc2ccc(O)cc2OC1CCCCCCCC(CCCC(F)(F)C(F)(F)F)C(=O)O. The lowest BCUT2D eigenvalue weighted by Gasteiger charge is -2.43. The molecule has 0 aromatic heterocycles. The van der Waals surface area contributed by atoms with Crippen LogP contribution < -0.4 is 4.74 Å². The number of aromatic hydroxyl groups is 2. The van der Waals surface area contributed by atoms with Crippen molar-refractivity contribution in [3.63, 3.8) is 0 Å². The normalized spacial score (nSPS) is 20.0.